The lowest BCUT2D eigenvalue weighted by atomic mass is 9.98. The van der Waals surface area contributed by atoms with E-state index in [1.807, 2.05) is 50.2 Å². The lowest BCUT2D eigenvalue weighted by Gasteiger charge is -2.33. The normalized spacial score (nSPS) is 14.3. The summed E-state index contributed by atoms with van der Waals surface area (Å²) in [5.74, 6) is -1.26. The van der Waals surface area contributed by atoms with Crippen LogP contribution in [0.1, 0.15) is 105 Å². The van der Waals surface area contributed by atoms with Crippen LogP contribution in [-0.4, -0.2) is 46.7 Å². The summed E-state index contributed by atoms with van der Waals surface area (Å²) in [6, 6.07) is 27.4. The highest BCUT2D eigenvalue weighted by Crippen LogP contribution is 2.31. The molecule has 0 aromatic heterocycles. The first-order valence-electron chi connectivity index (χ1n) is 15.9. The van der Waals surface area contributed by atoms with Crippen molar-refractivity contribution in [3.63, 3.8) is 0 Å². The molecule has 6 rings (SSSR count). The van der Waals surface area contributed by atoms with Crippen molar-refractivity contribution in [2.24, 2.45) is 0 Å². The molecular formula is C39H39N3O4. The van der Waals surface area contributed by atoms with Crippen LogP contribution in [0.25, 0.3) is 0 Å². The fourth-order valence-electron chi connectivity index (χ4n) is 6.73. The van der Waals surface area contributed by atoms with E-state index < -0.39 is 0 Å². The Hall–Kier alpha value is -5.04. The van der Waals surface area contributed by atoms with Crippen molar-refractivity contribution in [3.8, 4) is 0 Å². The average molecular weight is 614 g/mol. The molecule has 7 nitrogen and oxygen atoms in total. The third-order valence-corrected chi connectivity index (χ3v) is 8.81. The Morgan fingerprint density at radius 1 is 0.500 bits per heavy atom. The molecule has 0 unspecified atom stereocenters. The fraction of sp³-hybridized carbons (Fsp3) is 0.282. The van der Waals surface area contributed by atoms with Crippen LogP contribution in [0.5, 0.6) is 0 Å². The quantitative estimate of drug-likeness (QED) is 0.185. The number of fused-ring (bicyclic) bond motifs is 2. The Balaban J connectivity index is 1.15. The van der Waals surface area contributed by atoms with Gasteiger partial charge in [0.1, 0.15) is 0 Å². The van der Waals surface area contributed by atoms with Crippen molar-refractivity contribution in [2.75, 3.05) is 9.80 Å². The standard InChI is InChI=1S/C39H39N3O4/c1-23(2)40(24(3)4)30-13-7-26(8-14-30)19-27-9-15-31(16-10-27)42-37(44)33-18-12-29(22-35(33)39(42)46)20-28-11-17-32-34(21-28)38(45)41(25(5)6)36(32)43/h7-18,21-25H,19-20H2,1-6H3. The van der Waals surface area contributed by atoms with E-state index >= 15 is 0 Å². The van der Waals surface area contributed by atoms with Crippen molar-refractivity contribution in [1.29, 1.82) is 0 Å². The number of imide groups is 2. The van der Waals surface area contributed by atoms with Crippen molar-refractivity contribution in [2.45, 2.75) is 72.5 Å². The SMILES string of the molecule is CC(C)N1C(=O)c2ccc(Cc3ccc4c(c3)C(=O)N(c3ccc(Cc5ccc(N(C(C)C)C(C)C)cc5)cc3)C4=O)cc2C1=O. The highest BCUT2D eigenvalue weighted by atomic mass is 16.2. The molecule has 2 aliphatic heterocycles. The van der Waals surface area contributed by atoms with Crippen LogP contribution in [0.15, 0.2) is 84.9 Å². The molecule has 4 aromatic rings. The zero-order chi connectivity index (χ0) is 32.9. The monoisotopic (exact) mass is 613 g/mol. The third kappa shape index (κ3) is 5.51. The highest BCUT2D eigenvalue weighted by molar-refractivity contribution is 6.34. The molecule has 234 valence electrons. The van der Waals surface area contributed by atoms with Crippen LogP contribution >= 0.6 is 0 Å². The number of amides is 4. The second-order valence-electron chi connectivity index (χ2n) is 13.1. The van der Waals surface area contributed by atoms with Gasteiger partial charge in [0.05, 0.1) is 27.9 Å². The molecule has 0 bridgehead atoms. The summed E-state index contributed by atoms with van der Waals surface area (Å²) in [6.45, 7) is 12.4. The lowest BCUT2D eigenvalue weighted by Crippen LogP contribution is -2.36. The Morgan fingerprint density at radius 3 is 1.43 bits per heavy atom. The van der Waals surface area contributed by atoms with E-state index in [4.69, 9.17) is 0 Å². The lowest BCUT2D eigenvalue weighted by molar-refractivity contribution is 0.0608. The maximum Gasteiger partial charge on any atom is 0.266 e. The molecule has 4 aromatic carbocycles. The number of anilines is 2. The summed E-state index contributed by atoms with van der Waals surface area (Å²) in [7, 11) is 0. The first kappa shape index (κ1) is 31.0. The molecular weight excluding hydrogens is 574 g/mol. The van der Waals surface area contributed by atoms with Crippen LogP contribution in [0.4, 0.5) is 11.4 Å². The summed E-state index contributed by atoms with van der Waals surface area (Å²) in [5, 5.41) is 0. The van der Waals surface area contributed by atoms with Crippen LogP contribution < -0.4 is 9.80 Å². The fourth-order valence-corrected chi connectivity index (χ4v) is 6.73. The predicted octanol–water partition coefficient (Wildman–Crippen LogP) is 7.30. The Labute approximate surface area is 270 Å². The summed E-state index contributed by atoms with van der Waals surface area (Å²) < 4.78 is 0. The molecule has 4 amide bonds. The largest absolute Gasteiger partial charge is 0.367 e. The molecule has 0 atom stereocenters. The van der Waals surface area contributed by atoms with Gasteiger partial charge in [-0.15, -0.1) is 0 Å². The Morgan fingerprint density at radius 2 is 0.913 bits per heavy atom. The van der Waals surface area contributed by atoms with Gasteiger partial charge in [-0.1, -0.05) is 36.4 Å². The van der Waals surface area contributed by atoms with Gasteiger partial charge < -0.3 is 4.90 Å². The van der Waals surface area contributed by atoms with E-state index in [-0.39, 0.29) is 29.7 Å². The van der Waals surface area contributed by atoms with Crippen molar-refractivity contribution < 1.29 is 19.2 Å². The number of hydrogen-bond donors (Lipinski definition) is 0. The number of hydrogen-bond acceptors (Lipinski definition) is 5. The highest BCUT2D eigenvalue weighted by Gasteiger charge is 2.38. The van der Waals surface area contributed by atoms with Gasteiger partial charge in [0.15, 0.2) is 0 Å². The summed E-state index contributed by atoms with van der Waals surface area (Å²) >= 11 is 0. The van der Waals surface area contributed by atoms with Crippen LogP contribution in [0, 0.1) is 0 Å². The minimum atomic E-state index is -0.354. The predicted molar refractivity (Wildman–Crippen MR) is 181 cm³/mol. The van der Waals surface area contributed by atoms with Gasteiger partial charge in [-0.2, -0.15) is 0 Å². The Bertz CT molecular complexity index is 1850. The molecule has 46 heavy (non-hydrogen) atoms. The van der Waals surface area contributed by atoms with Gasteiger partial charge in [0.25, 0.3) is 23.6 Å². The van der Waals surface area contributed by atoms with E-state index in [1.54, 1.807) is 24.3 Å². The van der Waals surface area contributed by atoms with Crippen LogP contribution in [0.3, 0.4) is 0 Å². The molecule has 7 heteroatoms. The molecule has 2 heterocycles. The average Bonchev–Trinajstić information content (AvgIpc) is 3.41. The number of carbonyl (C=O) groups is 4. The zero-order valence-electron chi connectivity index (χ0n) is 27.2. The van der Waals surface area contributed by atoms with E-state index in [9.17, 15) is 19.2 Å². The number of nitrogens with zero attached hydrogens (tertiary/aromatic N) is 3. The molecule has 0 saturated heterocycles. The van der Waals surface area contributed by atoms with Gasteiger partial charge >= 0.3 is 0 Å². The van der Waals surface area contributed by atoms with Crippen LogP contribution in [-0.2, 0) is 12.8 Å². The van der Waals surface area contributed by atoms with Crippen LogP contribution in [0.2, 0.25) is 0 Å². The van der Waals surface area contributed by atoms with E-state index in [0.29, 0.717) is 46.4 Å². The molecule has 0 N–H and O–H groups in total. The number of benzene rings is 4. The smallest absolute Gasteiger partial charge is 0.266 e. The number of rotatable bonds is 9. The first-order valence-corrected chi connectivity index (χ1v) is 15.9. The molecule has 0 spiro atoms. The second kappa shape index (κ2) is 12.0. The van der Waals surface area contributed by atoms with E-state index in [2.05, 4.69) is 56.9 Å². The van der Waals surface area contributed by atoms with Gasteiger partial charge in [-0.25, -0.2) is 4.90 Å². The maximum atomic E-state index is 13.5. The van der Waals surface area contributed by atoms with Gasteiger partial charge in [0.2, 0.25) is 0 Å². The Kier molecular flexibility index (Phi) is 8.11. The van der Waals surface area contributed by atoms with E-state index in [0.717, 1.165) is 23.1 Å². The molecule has 0 fully saturated rings. The molecule has 0 aliphatic carbocycles. The van der Waals surface area contributed by atoms with Crippen molar-refractivity contribution >= 4 is 35.0 Å². The topological polar surface area (TPSA) is 78.0 Å². The molecule has 0 radical (unpaired) electrons. The number of carbonyl (C=O) groups excluding carboxylic acids is 4. The minimum Gasteiger partial charge on any atom is -0.367 e. The van der Waals surface area contributed by atoms with Gasteiger partial charge in [-0.3, -0.25) is 24.1 Å². The van der Waals surface area contributed by atoms with Gasteiger partial charge in [0, 0.05) is 23.8 Å². The summed E-state index contributed by atoms with van der Waals surface area (Å²) in [4.78, 5) is 57.3. The van der Waals surface area contributed by atoms with E-state index in [1.165, 1.54) is 21.1 Å². The first-order chi connectivity index (χ1) is 21.9. The van der Waals surface area contributed by atoms with Crippen molar-refractivity contribution in [1.82, 2.24) is 4.90 Å². The van der Waals surface area contributed by atoms with Crippen molar-refractivity contribution in [3.05, 3.63) is 129 Å². The third-order valence-electron chi connectivity index (χ3n) is 8.81. The summed E-state index contributed by atoms with van der Waals surface area (Å²) in [6.07, 6.45) is 1.20. The molecule has 2 aliphatic rings. The zero-order valence-corrected chi connectivity index (χ0v) is 27.2. The second-order valence-corrected chi connectivity index (χ2v) is 13.1. The molecule has 0 saturated carbocycles. The van der Waals surface area contributed by atoms with Gasteiger partial charge in [-0.05, 0) is 125 Å². The summed E-state index contributed by atoms with van der Waals surface area (Å²) in [5.41, 5.74) is 7.25. The maximum absolute atomic E-state index is 13.5. The minimum absolute atomic E-state index is 0.224.